The molecule has 144 valence electrons. The third-order valence-corrected chi connectivity index (χ3v) is 4.95. The van der Waals surface area contributed by atoms with E-state index in [9.17, 15) is 9.59 Å². The van der Waals surface area contributed by atoms with Crippen molar-refractivity contribution in [2.45, 2.75) is 25.8 Å². The lowest BCUT2D eigenvalue weighted by Crippen LogP contribution is -2.38. The van der Waals surface area contributed by atoms with Crippen LogP contribution in [0, 0.1) is 0 Å². The number of nitrogens with one attached hydrogen (secondary N) is 1. The van der Waals surface area contributed by atoms with Crippen LogP contribution in [0.4, 0.5) is 0 Å². The molecule has 1 aliphatic heterocycles. The van der Waals surface area contributed by atoms with E-state index in [4.69, 9.17) is 4.42 Å². The van der Waals surface area contributed by atoms with E-state index in [2.05, 4.69) is 10.2 Å². The molecule has 6 nitrogen and oxygen atoms in total. The molecule has 3 rings (SSSR count). The van der Waals surface area contributed by atoms with Gasteiger partial charge in [-0.3, -0.25) is 9.59 Å². The Bertz CT molecular complexity index is 735. The number of piperidine rings is 1. The number of amides is 2. The van der Waals surface area contributed by atoms with Crippen molar-refractivity contribution in [3.05, 3.63) is 59.5 Å². The second-order valence-electron chi connectivity index (χ2n) is 6.99. The first kappa shape index (κ1) is 19.2. The number of carbonyl (C=O) groups excluding carboxylic acids is 2. The van der Waals surface area contributed by atoms with Gasteiger partial charge >= 0.3 is 0 Å². The lowest BCUT2D eigenvalue weighted by Gasteiger charge is -2.28. The maximum absolute atomic E-state index is 12.6. The number of likely N-dealkylation sites (tertiary alicyclic amines) is 1. The highest BCUT2D eigenvalue weighted by Crippen LogP contribution is 2.10. The van der Waals surface area contributed by atoms with E-state index in [1.54, 1.807) is 17.0 Å². The highest BCUT2D eigenvalue weighted by Gasteiger charge is 2.15. The molecule has 1 aromatic carbocycles. The lowest BCUT2D eigenvalue weighted by atomic mass is 10.1. The summed E-state index contributed by atoms with van der Waals surface area (Å²) in [6.45, 7) is 4.33. The molecule has 0 bridgehead atoms. The smallest absolute Gasteiger partial charge is 0.287 e. The monoisotopic (exact) mass is 369 g/mol. The third kappa shape index (κ3) is 5.44. The van der Waals surface area contributed by atoms with Crippen LogP contribution < -0.4 is 5.32 Å². The SMILES string of the molecule is CN(CCN1CCCCC1)C(=O)c1ccc(CNC(=O)c2ccco2)cc1. The Morgan fingerprint density at radius 3 is 2.52 bits per heavy atom. The first-order valence-corrected chi connectivity index (χ1v) is 9.52. The topological polar surface area (TPSA) is 65.8 Å². The highest BCUT2D eigenvalue weighted by atomic mass is 16.3. The van der Waals surface area contributed by atoms with Gasteiger partial charge in [-0.1, -0.05) is 18.6 Å². The minimum atomic E-state index is -0.252. The molecule has 6 heteroatoms. The van der Waals surface area contributed by atoms with Crippen molar-refractivity contribution in [1.29, 1.82) is 0 Å². The summed E-state index contributed by atoms with van der Waals surface area (Å²) in [4.78, 5) is 28.7. The third-order valence-electron chi connectivity index (χ3n) is 4.95. The number of rotatable bonds is 7. The van der Waals surface area contributed by atoms with E-state index in [0.717, 1.165) is 31.7 Å². The molecule has 1 fully saturated rings. The predicted molar refractivity (Wildman–Crippen MR) is 104 cm³/mol. The van der Waals surface area contributed by atoms with Gasteiger partial charge in [0.05, 0.1) is 6.26 Å². The maximum Gasteiger partial charge on any atom is 0.287 e. The van der Waals surface area contributed by atoms with Crippen LogP contribution in [0.3, 0.4) is 0 Å². The molecule has 0 spiro atoms. The summed E-state index contributed by atoms with van der Waals surface area (Å²) in [5, 5.41) is 2.80. The molecule has 27 heavy (non-hydrogen) atoms. The van der Waals surface area contributed by atoms with Gasteiger partial charge in [0.2, 0.25) is 0 Å². The quantitative estimate of drug-likeness (QED) is 0.815. The molecule has 0 unspecified atom stereocenters. The van der Waals surface area contributed by atoms with Crippen LogP contribution in [0.1, 0.15) is 45.7 Å². The van der Waals surface area contributed by atoms with Gasteiger partial charge in [-0.05, 0) is 55.8 Å². The standard InChI is InChI=1S/C21H27N3O3/c1-23(13-14-24-11-3-2-4-12-24)21(26)18-9-7-17(8-10-18)16-22-20(25)19-6-5-15-27-19/h5-10,15H,2-4,11-14,16H2,1H3,(H,22,25). The normalized spacial score (nSPS) is 14.7. The van der Waals surface area contributed by atoms with E-state index in [1.165, 1.54) is 25.5 Å². The Labute approximate surface area is 160 Å². The van der Waals surface area contributed by atoms with Crippen molar-refractivity contribution in [2.75, 3.05) is 33.2 Å². The van der Waals surface area contributed by atoms with Crippen LogP contribution in [0.5, 0.6) is 0 Å². The Balaban J connectivity index is 1.46. The van der Waals surface area contributed by atoms with Crippen LogP contribution in [-0.2, 0) is 6.54 Å². The molecule has 0 aliphatic carbocycles. The molecule has 0 atom stereocenters. The molecular formula is C21H27N3O3. The van der Waals surface area contributed by atoms with E-state index < -0.39 is 0 Å². The zero-order chi connectivity index (χ0) is 19.1. The summed E-state index contributed by atoms with van der Waals surface area (Å²) in [5.41, 5.74) is 1.60. The molecule has 1 aromatic heterocycles. The highest BCUT2D eigenvalue weighted by molar-refractivity contribution is 5.94. The van der Waals surface area contributed by atoms with E-state index in [1.807, 2.05) is 31.3 Å². The second kappa shape index (κ2) is 9.37. The van der Waals surface area contributed by atoms with Crippen LogP contribution in [0.25, 0.3) is 0 Å². The van der Waals surface area contributed by atoms with Gasteiger partial charge in [-0.15, -0.1) is 0 Å². The fourth-order valence-electron chi connectivity index (χ4n) is 3.24. The fourth-order valence-corrected chi connectivity index (χ4v) is 3.24. The minimum absolute atomic E-state index is 0.0261. The number of carbonyl (C=O) groups is 2. The maximum atomic E-state index is 12.6. The van der Waals surface area contributed by atoms with Crippen molar-refractivity contribution >= 4 is 11.8 Å². The summed E-state index contributed by atoms with van der Waals surface area (Å²) < 4.78 is 5.06. The fraction of sp³-hybridized carbons (Fsp3) is 0.429. The van der Waals surface area contributed by atoms with Crippen molar-refractivity contribution in [3.63, 3.8) is 0 Å². The van der Waals surface area contributed by atoms with Gasteiger partial charge in [0, 0.05) is 32.2 Å². The van der Waals surface area contributed by atoms with Gasteiger partial charge in [-0.2, -0.15) is 0 Å². The molecule has 2 heterocycles. The molecule has 2 amide bonds. The van der Waals surface area contributed by atoms with Crippen molar-refractivity contribution < 1.29 is 14.0 Å². The second-order valence-corrected chi connectivity index (χ2v) is 6.99. The molecule has 0 saturated carbocycles. The van der Waals surface area contributed by atoms with Crippen LogP contribution in [-0.4, -0.2) is 54.8 Å². The molecule has 1 N–H and O–H groups in total. The number of hydrogen-bond donors (Lipinski definition) is 1. The van der Waals surface area contributed by atoms with Crippen molar-refractivity contribution in [1.82, 2.24) is 15.1 Å². The number of benzene rings is 1. The van der Waals surface area contributed by atoms with Gasteiger partial charge in [-0.25, -0.2) is 0 Å². The summed E-state index contributed by atoms with van der Waals surface area (Å²) in [5.74, 6) is 0.0629. The zero-order valence-electron chi connectivity index (χ0n) is 15.8. The van der Waals surface area contributed by atoms with E-state index >= 15 is 0 Å². The summed E-state index contributed by atoms with van der Waals surface area (Å²) in [7, 11) is 1.85. The Hall–Kier alpha value is -2.60. The van der Waals surface area contributed by atoms with Crippen molar-refractivity contribution in [3.8, 4) is 0 Å². The minimum Gasteiger partial charge on any atom is -0.459 e. The Kier molecular flexibility index (Phi) is 6.65. The van der Waals surface area contributed by atoms with Gasteiger partial charge in [0.15, 0.2) is 5.76 Å². The van der Waals surface area contributed by atoms with Gasteiger partial charge in [0.1, 0.15) is 0 Å². The molecule has 2 aromatic rings. The van der Waals surface area contributed by atoms with E-state index in [0.29, 0.717) is 12.1 Å². The van der Waals surface area contributed by atoms with Crippen LogP contribution >= 0.6 is 0 Å². The molecule has 1 saturated heterocycles. The van der Waals surface area contributed by atoms with Crippen LogP contribution in [0.15, 0.2) is 47.1 Å². The summed E-state index contributed by atoms with van der Waals surface area (Å²) >= 11 is 0. The first-order valence-electron chi connectivity index (χ1n) is 9.52. The molecular weight excluding hydrogens is 342 g/mol. The number of furan rings is 1. The number of hydrogen-bond acceptors (Lipinski definition) is 4. The predicted octanol–water partition coefficient (Wildman–Crippen LogP) is 2.77. The number of nitrogens with zero attached hydrogens (tertiary/aromatic N) is 2. The average Bonchev–Trinajstić information content (AvgIpc) is 3.26. The molecule has 1 aliphatic rings. The van der Waals surface area contributed by atoms with E-state index in [-0.39, 0.29) is 17.6 Å². The summed E-state index contributed by atoms with van der Waals surface area (Å²) in [6, 6.07) is 10.7. The van der Waals surface area contributed by atoms with Crippen molar-refractivity contribution in [2.24, 2.45) is 0 Å². The molecule has 0 radical (unpaired) electrons. The Morgan fingerprint density at radius 1 is 1.11 bits per heavy atom. The number of likely N-dealkylation sites (N-methyl/N-ethyl adjacent to an activating group) is 1. The Morgan fingerprint density at radius 2 is 1.85 bits per heavy atom. The lowest BCUT2D eigenvalue weighted by molar-refractivity contribution is 0.0772. The van der Waals surface area contributed by atoms with Gasteiger partial charge in [0.25, 0.3) is 11.8 Å². The summed E-state index contributed by atoms with van der Waals surface area (Å²) in [6.07, 6.45) is 5.31. The van der Waals surface area contributed by atoms with Gasteiger partial charge < -0.3 is 19.5 Å². The van der Waals surface area contributed by atoms with Crippen LogP contribution in [0.2, 0.25) is 0 Å². The zero-order valence-corrected chi connectivity index (χ0v) is 15.8. The first-order chi connectivity index (χ1) is 13.1. The largest absolute Gasteiger partial charge is 0.459 e. The average molecular weight is 369 g/mol.